The number of nitrogens with zero attached hydrogens (tertiary/aromatic N) is 4. The summed E-state index contributed by atoms with van der Waals surface area (Å²) in [7, 11) is 0. The molecule has 2 aliphatic carbocycles. The van der Waals surface area contributed by atoms with Crippen molar-refractivity contribution in [3.63, 3.8) is 0 Å². The number of fused-ring (bicyclic) bond motifs is 2. The van der Waals surface area contributed by atoms with Crippen LogP contribution in [0.25, 0.3) is 44.3 Å². The van der Waals surface area contributed by atoms with Gasteiger partial charge in [-0.25, -0.2) is 19.9 Å². The van der Waals surface area contributed by atoms with E-state index in [1.807, 2.05) is 97.3 Å². The number of benzene rings is 4. The highest BCUT2D eigenvalue weighted by Crippen LogP contribution is 2.35. The Hall–Kier alpha value is -6.77. The average Bonchev–Trinajstić information content (AvgIpc) is 4.00. The van der Waals surface area contributed by atoms with E-state index in [2.05, 4.69) is 54.6 Å². The van der Waals surface area contributed by atoms with Crippen molar-refractivity contribution >= 4 is 74.2 Å². The first kappa shape index (κ1) is 46.3. The Labute approximate surface area is 405 Å². The number of aromatic nitrogens is 6. The highest BCUT2D eigenvalue weighted by atomic mass is 35.5. The Bertz CT molecular complexity index is 2990. The second kappa shape index (κ2) is 21.9. The highest BCUT2D eigenvalue weighted by molar-refractivity contribution is 6.33. The quantitative estimate of drug-likeness (QED) is 0.0453. The number of hydrogen-bond acceptors (Lipinski definition) is 10. The number of aromatic amines is 2. The fraction of sp³-hybridized carbons (Fsp3) is 0.264. The third kappa shape index (κ3) is 11.7. The van der Waals surface area contributed by atoms with Gasteiger partial charge in [-0.2, -0.15) is 0 Å². The zero-order chi connectivity index (χ0) is 46.8. The summed E-state index contributed by atoms with van der Waals surface area (Å²) in [6.07, 6.45) is 16.8. The first-order valence-corrected chi connectivity index (χ1v) is 23.8. The minimum atomic E-state index is -0.225. The fourth-order valence-electron chi connectivity index (χ4n) is 8.94. The number of para-hydroxylation sites is 2. The van der Waals surface area contributed by atoms with Crippen LogP contribution in [0, 0.1) is 0 Å². The summed E-state index contributed by atoms with van der Waals surface area (Å²) in [5.74, 6) is 0.971. The van der Waals surface area contributed by atoms with E-state index in [9.17, 15) is 4.79 Å². The van der Waals surface area contributed by atoms with E-state index in [1.54, 1.807) is 12.4 Å². The molecule has 0 saturated heterocycles. The molecule has 2 aliphatic rings. The minimum absolute atomic E-state index is 0.197. The zero-order valence-electron chi connectivity index (χ0n) is 37.6. The number of carbonyl (C=O) groups excluding carboxylic acids is 1. The van der Waals surface area contributed by atoms with E-state index < -0.39 is 0 Å². The van der Waals surface area contributed by atoms with Crippen LogP contribution in [0.2, 0.25) is 10.0 Å². The van der Waals surface area contributed by atoms with Crippen molar-refractivity contribution in [2.45, 2.75) is 88.9 Å². The summed E-state index contributed by atoms with van der Waals surface area (Å²) < 4.78 is 12.3. The van der Waals surface area contributed by atoms with Crippen molar-refractivity contribution in [1.82, 2.24) is 29.9 Å². The van der Waals surface area contributed by atoms with Crippen LogP contribution < -0.4 is 21.7 Å². The van der Waals surface area contributed by atoms with E-state index in [0.717, 1.165) is 118 Å². The molecule has 4 aromatic carbocycles. The third-order valence-electron chi connectivity index (χ3n) is 12.5. The number of rotatable bonds is 14. The van der Waals surface area contributed by atoms with Gasteiger partial charge < -0.3 is 41.1 Å². The number of H-pyrrole nitrogens is 2. The lowest BCUT2D eigenvalue weighted by atomic mass is 9.93. The van der Waals surface area contributed by atoms with Crippen LogP contribution in [0.5, 0.6) is 0 Å². The van der Waals surface area contributed by atoms with E-state index >= 15 is 0 Å². The molecule has 0 radical (unpaired) electrons. The lowest BCUT2D eigenvalue weighted by molar-refractivity contribution is -0.111. The van der Waals surface area contributed by atoms with Gasteiger partial charge in [0.2, 0.25) is 17.8 Å². The summed E-state index contributed by atoms with van der Waals surface area (Å²) >= 11 is 12.9. The Morgan fingerprint density at radius 1 is 0.662 bits per heavy atom. The van der Waals surface area contributed by atoms with Gasteiger partial charge in [-0.15, -0.1) is 0 Å². The first-order chi connectivity index (χ1) is 33.2. The van der Waals surface area contributed by atoms with E-state index in [0.29, 0.717) is 41.2 Å². The molecule has 0 aliphatic heterocycles. The van der Waals surface area contributed by atoms with Gasteiger partial charge in [0.25, 0.3) is 0 Å². The van der Waals surface area contributed by atoms with Crippen LogP contribution in [0.4, 0.5) is 23.3 Å². The van der Waals surface area contributed by atoms with Crippen LogP contribution in [0.3, 0.4) is 0 Å². The van der Waals surface area contributed by atoms with Gasteiger partial charge in [0.05, 0.1) is 59.2 Å². The van der Waals surface area contributed by atoms with Crippen molar-refractivity contribution in [3.05, 3.63) is 156 Å². The largest absolute Gasteiger partial charge is 0.399 e. The molecule has 1 amide bonds. The first-order valence-electron chi connectivity index (χ1n) is 23.1. The number of ether oxygens (including phenoxy) is 2. The smallest absolute Gasteiger partial charge is 0.247 e. The third-order valence-corrected chi connectivity index (χ3v) is 13.0. The molecular weight excluding hydrogens is 896 g/mol. The van der Waals surface area contributed by atoms with Crippen molar-refractivity contribution in [3.8, 4) is 22.5 Å². The molecule has 15 heteroatoms. The molecule has 2 saturated carbocycles. The van der Waals surface area contributed by atoms with Crippen LogP contribution in [0.1, 0.15) is 62.5 Å². The predicted octanol–water partition coefficient (Wildman–Crippen LogP) is 12.1. The second-order valence-corrected chi connectivity index (χ2v) is 18.1. The van der Waals surface area contributed by atoms with Crippen LogP contribution in [-0.4, -0.2) is 60.1 Å². The van der Waals surface area contributed by atoms with Crippen molar-refractivity contribution in [1.29, 1.82) is 0 Å². The van der Waals surface area contributed by atoms with Crippen molar-refractivity contribution in [2.75, 3.05) is 21.7 Å². The molecule has 10 rings (SSSR count). The van der Waals surface area contributed by atoms with E-state index in [4.69, 9.17) is 48.4 Å². The number of carbonyl (C=O) groups is 1. The number of nitrogen functional groups attached to an aromatic ring is 1. The summed E-state index contributed by atoms with van der Waals surface area (Å²) in [6, 6.07) is 32.4. The topological polar surface area (TPSA) is 181 Å². The number of amides is 1. The predicted molar refractivity (Wildman–Crippen MR) is 274 cm³/mol. The Kier molecular flexibility index (Phi) is 14.9. The maximum atomic E-state index is 11.5. The Balaban J connectivity index is 0.000000171. The summed E-state index contributed by atoms with van der Waals surface area (Å²) in [5, 5.41) is 13.0. The monoisotopic (exact) mass is 948 g/mol. The summed E-state index contributed by atoms with van der Waals surface area (Å²) in [6.45, 7) is 4.59. The summed E-state index contributed by atoms with van der Waals surface area (Å²) in [4.78, 5) is 36.4. The van der Waals surface area contributed by atoms with E-state index in [1.165, 1.54) is 6.08 Å². The van der Waals surface area contributed by atoms with Gasteiger partial charge in [-0.05, 0) is 105 Å². The summed E-state index contributed by atoms with van der Waals surface area (Å²) in [5.41, 5.74) is 15.0. The molecular formula is C53H54Cl2N10O3. The zero-order valence-corrected chi connectivity index (χ0v) is 39.1. The molecule has 2 fully saturated rings. The van der Waals surface area contributed by atoms with Gasteiger partial charge in [0, 0.05) is 68.8 Å². The Morgan fingerprint density at radius 3 is 1.65 bits per heavy atom. The highest BCUT2D eigenvalue weighted by Gasteiger charge is 2.25. The molecule has 7 N–H and O–H groups in total. The van der Waals surface area contributed by atoms with Crippen molar-refractivity contribution in [2.24, 2.45) is 0 Å². The maximum Gasteiger partial charge on any atom is 0.247 e. The van der Waals surface area contributed by atoms with Gasteiger partial charge in [-0.3, -0.25) is 4.79 Å². The van der Waals surface area contributed by atoms with Gasteiger partial charge in [0.1, 0.15) is 0 Å². The lowest BCUT2D eigenvalue weighted by Gasteiger charge is -2.29. The SMILES string of the molecule is C=CC(=O)Nc1cccc(COC2CCC(Nc3ncc(Cl)c(-c4c[nH]c5ccccc45)n3)CC2)c1.Nc1cccc(COC2CCC(Nc3ncc(Cl)c(-c4c[nH]c5ccccc45)n3)CC2)c1. The molecule has 4 aromatic heterocycles. The fourth-order valence-corrected chi connectivity index (χ4v) is 9.33. The van der Waals surface area contributed by atoms with Gasteiger partial charge >= 0.3 is 0 Å². The molecule has 0 bridgehead atoms. The number of hydrogen-bond donors (Lipinski definition) is 6. The number of halogens is 2. The number of nitrogens with two attached hydrogens (primary N) is 1. The molecule has 13 nitrogen and oxygen atoms in total. The van der Waals surface area contributed by atoms with Crippen LogP contribution in [0.15, 0.2) is 135 Å². The molecule has 348 valence electrons. The Morgan fingerprint density at radius 2 is 1.15 bits per heavy atom. The van der Waals surface area contributed by atoms with E-state index in [-0.39, 0.29) is 24.2 Å². The maximum absolute atomic E-state index is 11.5. The molecule has 0 spiro atoms. The molecule has 0 unspecified atom stereocenters. The van der Waals surface area contributed by atoms with Gasteiger partial charge in [-0.1, -0.05) is 90.4 Å². The normalized spacial score (nSPS) is 18.1. The standard InChI is InChI=1S/C28H28ClN5O2.C25H26ClN5O/c1-2-26(35)32-20-7-5-6-18(14-20)17-36-21-12-10-19(11-13-21)33-28-31-16-24(29)27(34-28)23-15-30-25-9-4-3-8-22(23)25;26-22-14-29-25(31-24(22)21-13-28-23-7-2-1-6-20(21)23)30-18-8-10-19(11-9-18)32-15-16-4-3-5-17(27)12-16/h2-9,14-16,19,21,30H,1,10-13,17H2,(H,32,35)(H,31,33,34);1-7,12-14,18-19,28H,8-11,15,27H2,(H,29,30,31). The molecule has 68 heavy (non-hydrogen) atoms. The average molecular weight is 950 g/mol. The van der Waals surface area contributed by atoms with Gasteiger partial charge in [0.15, 0.2) is 0 Å². The van der Waals surface area contributed by atoms with Crippen LogP contribution in [-0.2, 0) is 27.5 Å². The number of nitrogens with one attached hydrogen (secondary N) is 5. The minimum Gasteiger partial charge on any atom is -0.399 e. The number of anilines is 4. The van der Waals surface area contributed by atoms with Crippen molar-refractivity contribution < 1.29 is 14.3 Å². The second-order valence-electron chi connectivity index (χ2n) is 17.3. The molecule has 8 aromatic rings. The molecule has 4 heterocycles. The molecule has 0 atom stereocenters. The lowest BCUT2D eigenvalue weighted by Crippen LogP contribution is -2.30. The van der Waals surface area contributed by atoms with Crippen LogP contribution >= 0.6 is 23.2 Å².